The van der Waals surface area contributed by atoms with Crippen LogP contribution in [0, 0.1) is 40.4 Å². The van der Waals surface area contributed by atoms with E-state index in [2.05, 4.69) is 13.8 Å². The first kappa shape index (κ1) is 14.5. The van der Waals surface area contributed by atoms with E-state index in [9.17, 15) is 4.79 Å². The van der Waals surface area contributed by atoms with Gasteiger partial charge >= 0.3 is 0 Å². The van der Waals surface area contributed by atoms with Gasteiger partial charge in [-0.1, -0.05) is 26.7 Å². The van der Waals surface area contributed by atoms with Crippen molar-refractivity contribution in [3.05, 3.63) is 12.0 Å². The highest BCUT2D eigenvalue weighted by molar-refractivity contribution is 5.87. The second-order valence-corrected chi connectivity index (χ2v) is 9.69. The molecule has 4 fully saturated rings. The molecule has 2 heteroatoms. The molecule has 4 saturated carbocycles. The van der Waals surface area contributed by atoms with Crippen LogP contribution in [0.4, 0.5) is 0 Å². The predicted molar refractivity (Wildman–Crippen MR) is 89.4 cm³/mol. The molecule has 0 radical (unpaired) electrons. The second-order valence-electron chi connectivity index (χ2n) is 9.69. The summed E-state index contributed by atoms with van der Waals surface area (Å²) in [6.45, 7) is 5.01. The van der Waals surface area contributed by atoms with Crippen molar-refractivity contribution in [3.63, 3.8) is 0 Å². The molecule has 4 aliphatic carbocycles. The smallest absolute Gasteiger partial charge is 0.149 e. The van der Waals surface area contributed by atoms with E-state index in [1.54, 1.807) is 0 Å². The first-order chi connectivity index (χ1) is 11.0. The summed E-state index contributed by atoms with van der Waals surface area (Å²) in [6, 6.07) is 0. The van der Waals surface area contributed by atoms with Gasteiger partial charge in [-0.2, -0.15) is 0 Å². The number of carbonyl (C=O) groups excluding carboxylic acids is 1. The zero-order valence-electron chi connectivity index (χ0n) is 14.6. The highest BCUT2D eigenvalue weighted by Crippen LogP contribution is 2.68. The quantitative estimate of drug-likeness (QED) is 0.675. The molecule has 0 aromatic rings. The lowest BCUT2D eigenvalue weighted by Gasteiger charge is -2.60. The Kier molecular flexibility index (Phi) is 2.93. The zero-order valence-corrected chi connectivity index (χ0v) is 14.6. The third-order valence-electron chi connectivity index (χ3n) is 8.96. The molecular weight excluding hydrogens is 284 g/mol. The highest BCUT2D eigenvalue weighted by Gasteiger charge is 2.63. The van der Waals surface area contributed by atoms with Gasteiger partial charge in [0.05, 0.1) is 5.92 Å². The Morgan fingerprint density at radius 3 is 2.61 bits per heavy atom. The molecule has 0 N–H and O–H groups in total. The van der Waals surface area contributed by atoms with Crippen molar-refractivity contribution in [2.75, 3.05) is 0 Å². The molecule has 5 rings (SSSR count). The van der Waals surface area contributed by atoms with Gasteiger partial charge in [-0.15, -0.1) is 0 Å². The molecule has 0 spiro atoms. The van der Waals surface area contributed by atoms with E-state index in [1.807, 2.05) is 6.26 Å². The molecule has 0 aromatic carbocycles. The number of rotatable bonds is 1. The Bertz CT molecular complexity index is 578. The Morgan fingerprint density at radius 1 is 1.00 bits per heavy atom. The molecule has 1 unspecified atom stereocenters. The fourth-order valence-corrected chi connectivity index (χ4v) is 7.74. The standard InChI is InChI=1S/C21H30O2/c1-20-9-4-3-5-13(20)6-7-14-15(20)8-10-21(2)16(14)11-17(22)19(21)18-12-23-18/h12-16,19H,3-11H2,1-2H3/t13?,14-,15+,16+,19-,20+,21+/m1/s1. The largest absolute Gasteiger partial charge is 0.462 e. The van der Waals surface area contributed by atoms with Crippen LogP contribution in [0.1, 0.15) is 71.6 Å². The van der Waals surface area contributed by atoms with Gasteiger partial charge < -0.3 is 4.74 Å². The first-order valence-electron chi connectivity index (χ1n) is 9.93. The van der Waals surface area contributed by atoms with Crippen molar-refractivity contribution in [3.8, 4) is 0 Å². The van der Waals surface area contributed by atoms with Crippen LogP contribution in [-0.4, -0.2) is 5.78 Å². The maximum absolute atomic E-state index is 12.7. The molecule has 0 bridgehead atoms. The summed E-state index contributed by atoms with van der Waals surface area (Å²) in [6.07, 6.45) is 13.8. The van der Waals surface area contributed by atoms with Crippen LogP contribution in [0.2, 0.25) is 0 Å². The van der Waals surface area contributed by atoms with E-state index in [1.165, 1.54) is 51.4 Å². The monoisotopic (exact) mass is 314 g/mol. The van der Waals surface area contributed by atoms with Gasteiger partial charge in [0, 0.05) is 6.42 Å². The molecule has 2 nitrogen and oxygen atoms in total. The molecule has 0 aromatic heterocycles. The summed E-state index contributed by atoms with van der Waals surface area (Å²) in [5.41, 5.74) is 0.747. The summed E-state index contributed by atoms with van der Waals surface area (Å²) in [7, 11) is 0. The molecule has 0 saturated heterocycles. The van der Waals surface area contributed by atoms with Crippen LogP contribution in [0.3, 0.4) is 0 Å². The Morgan fingerprint density at radius 2 is 1.83 bits per heavy atom. The number of allylic oxidation sites excluding steroid dienone is 1. The minimum Gasteiger partial charge on any atom is -0.462 e. The van der Waals surface area contributed by atoms with Crippen LogP contribution >= 0.6 is 0 Å². The number of hydrogen-bond acceptors (Lipinski definition) is 2. The average molecular weight is 314 g/mol. The van der Waals surface area contributed by atoms with Gasteiger partial charge in [0.2, 0.25) is 0 Å². The summed E-state index contributed by atoms with van der Waals surface area (Å²) < 4.78 is 5.39. The van der Waals surface area contributed by atoms with E-state index in [0.29, 0.717) is 17.1 Å². The fraction of sp³-hybridized carbons (Fsp3) is 0.857. The van der Waals surface area contributed by atoms with Crippen molar-refractivity contribution < 1.29 is 9.53 Å². The Labute approximate surface area is 140 Å². The van der Waals surface area contributed by atoms with Crippen LogP contribution < -0.4 is 0 Å². The number of ether oxygens (including phenoxy) is 1. The maximum Gasteiger partial charge on any atom is 0.149 e. The van der Waals surface area contributed by atoms with Crippen molar-refractivity contribution in [2.45, 2.75) is 71.6 Å². The van der Waals surface area contributed by atoms with Gasteiger partial charge in [-0.25, -0.2) is 0 Å². The average Bonchev–Trinajstić information content (AvgIpc) is 3.30. The van der Waals surface area contributed by atoms with Gasteiger partial charge in [0.25, 0.3) is 0 Å². The number of hydrogen-bond donors (Lipinski definition) is 0. The lowest BCUT2D eigenvalue weighted by molar-refractivity contribution is -0.121. The number of fused-ring (bicyclic) bond motifs is 5. The Hall–Kier alpha value is -0.790. The Balaban J connectivity index is 1.49. The van der Waals surface area contributed by atoms with Crippen LogP contribution in [0.25, 0.3) is 0 Å². The van der Waals surface area contributed by atoms with E-state index in [0.717, 1.165) is 29.9 Å². The zero-order chi connectivity index (χ0) is 15.8. The SMILES string of the molecule is C[C@]12CC[C@H]3[C@@H](CCC4CCCC[C@@]43C)[C@@H]1CC(=O)[C@@H]2C1=CO1. The molecule has 1 aliphatic heterocycles. The van der Waals surface area contributed by atoms with Crippen molar-refractivity contribution in [1.82, 2.24) is 0 Å². The molecular formula is C21H30O2. The highest BCUT2D eigenvalue weighted by atomic mass is 16.5. The third kappa shape index (κ3) is 1.84. The van der Waals surface area contributed by atoms with Gasteiger partial charge in [-0.05, 0) is 73.0 Å². The van der Waals surface area contributed by atoms with Crippen molar-refractivity contribution in [2.24, 2.45) is 40.4 Å². The summed E-state index contributed by atoms with van der Waals surface area (Å²) in [5, 5.41) is 0. The molecule has 1 heterocycles. The van der Waals surface area contributed by atoms with Gasteiger partial charge in [0.1, 0.15) is 17.8 Å². The third-order valence-corrected chi connectivity index (χ3v) is 8.96. The van der Waals surface area contributed by atoms with Crippen LogP contribution in [0.15, 0.2) is 12.0 Å². The molecule has 0 amide bonds. The first-order valence-corrected chi connectivity index (χ1v) is 9.93. The minimum atomic E-state index is 0.0883. The lowest BCUT2D eigenvalue weighted by Crippen LogP contribution is -2.52. The van der Waals surface area contributed by atoms with E-state index in [4.69, 9.17) is 4.74 Å². The topological polar surface area (TPSA) is 29.6 Å². The van der Waals surface area contributed by atoms with Crippen molar-refractivity contribution >= 4 is 5.78 Å². The predicted octanol–water partition coefficient (Wildman–Crippen LogP) is 5.09. The van der Waals surface area contributed by atoms with E-state index in [-0.39, 0.29) is 11.3 Å². The van der Waals surface area contributed by atoms with E-state index < -0.39 is 0 Å². The second kappa shape index (κ2) is 4.64. The number of carbonyl (C=O) groups is 1. The molecule has 23 heavy (non-hydrogen) atoms. The minimum absolute atomic E-state index is 0.0883. The normalized spacial score (nSPS) is 54.4. The van der Waals surface area contributed by atoms with Crippen molar-refractivity contribution in [1.29, 1.82) is 0 Å². The number of ketones is 1. The van der Waals surface area contributed by atoms with Gasteiger partial charge in [0.15, 0.2) is 0 Å². The van der Waals surface area contributed by atoms with Gasteiger partial charge in [-0.3, -0.25) is 4.79 Å². The van der Waals surface area contributed by atoms with Crippen LogP contribution in [0.5, 0.6) is 0 Å². The summed E-state index contributed by atoms with van der Waals surface area (Å²) in [5.74, 6) is 4.80. The van der Waals surface area contributed by atoms with E-state index >= 15 is 0 Å². The molecule has 126 valence electrons. The summed E-state index contributed by atoms with van der Waals surface area (Å²) in [4.78, 5) is 12.7. The fourth-order valence-electron chi connectivity index (χ4n) is 7.74. The molecule has 7 atom stereocenters. The van der Waals surface area contributed by atoms with Crippen LogP contribution in [-0.2, 0) is 9.53 Å². The maximum atomic E-state index is 12.7. The molecule has 5 aliphatic rings. The number of Topliss-reactive ketones (excluding diaryl/α,β-unsaturated/α-hetero) is 1. The lowest BCUT2D eigenvalue weighted by atomic mass is 9.45. The summed E-state index contributed by atoms with van der Waals surface area (Å²) >= 11 is 0.